The first kappa shape index (κ1) is 27.9. The van der Waals surface area contributed by atoms with Crippen LogP contribution in [0.25, 0.3) is 5.69 Å². The van der Waals surface area contributed by atoms with Crippen LogP contribution in [0, 0.1) is 11.3 Å². The molecule has 0 atom stereocenters. The number of hydrogen-bond donors (Lipinski definition) is 2. The van der Waals surface area contributed by atoms with Gasteiger partial charge in [0.25, 0.3) is 37.4 Å². The highest BCUT2D eigenvalue weighted by molar-refractivity contribution is 7.90. The predicted molar refractivity (Wildman–Crippen MR) is 135 cm³/mol. The van der Waals surface area contributed by atoms with Gasteiger partial charge >= 0.3 is 5.97 Å². The minimum atomic E-state index is -4.57. The van der Waals surface area contributed by atoms with E-state index >= 15 is 0 Å². The van der Waals surface area contributed by atoms with Gasteiger partial charge in [-0.05, 0) is 43.3 Å². The van der Waals surface area contributed by atoms with E-state index in [0.717, 1.165) is 24.3 Å². The van der Waals surface area contributed by atoms with E-state index in [9.17, 15) is 41.3 Å². The van der Waals surface area contributed by atoms with Gasteiger partial charge in [-0.1, -0.05) is 12.1 Å². The molecule has 0 radical (unpaired) electrons. The summed E-state index contributed by atoms with van der Waals surface area (Å²) in [6.45, 7) is 0.393. The van der Waals surface area contributed by atoms with Crippen molar-refractivity contribution < 1.29 is 36.0 Å². The van der Waals surface area contributed by atoms with Crippen molar-refractivity contribution in [2.75, 3.05) is 18.9 Å². The van der Waals surface area contributed by atoms with Gasteiger partial charge in [0.15, 0.2) is 5.69 Å². The number of sulfonamides is 2. The summed E-state index contributed by atoms with van der Waals surface area (Å²) in [4.78, 5) is 49.1. The number of anilines is 1. The van der Waals surface area contributed by atoms with Crippen LogP contribution in [0.1, 0.15) is 33.3 Å². The van der Waals surface area contributed by atoms with E-state index in [1.165, 1.54) is 31.2 Å². The molecule has 1 aliphatic heterocycles. The number of nitrogen functional groups attached to an aromatic ring is 1. The van der Waals surface area contributed by atoms with E-state index < -0.39 is 71.8 Å². The maximum atomic E-state index is 12.8. The van der Waals surface area contributed by atoms with Gasteiger partial charge in [-0.15, -0.1) is 0 Å². The van der Waals surface area contributed by atoms with Crippen LogP contribution in [0.5, 0.6) is 0 Å². The number of nitrogens with one attached hydrogen (secondary N) is 1. The molecule has 0 bridgehead atoms. The highest BCUT2D eigenvalue weighted by Crippen LogP contribution is 2.29. The Bertz CT molecular complexity index is 1890. The molecular formula is C23H18N6O9S2. The number of rotatable bonds is 7. The number of carbonyl (C=O) groups is 3. The highest BCUT2D eigenvalue weighted by atomic mass is 32.2. The van der Waals surface area contributed by atoms with E-state index in [2.05, 4.69) is 5.10 Å². The average molecular weight is 587 g/mol. The monoisotopic (exact) mass is 586 g/mol. The SMILES string of the molecule is CCOC(=O)c1nn(-c2ccc(S(=O)(=O)NC(=O)CN3C(=O)c4ccccc4S3(=O)=O)cc2)c(=O)c(C#N)c1N. The molecule has 0 aliphatic carbocycles. The van der Waals surface area contributed by atoms with Crippen molar-refractivity contribution >= 4 is 43.5 Å². The first-order valence-corrected chi connectivity index (χ1v) is 14.1. The number of nitrogens with two attached hydrogens (primary N) is 1. The van der Waals surface area contributed by atoms with E-state index in [0.29, 0.717) is 4.68 Å². The Hall–Kier alpha value is -5.08. The second-order valence-electron chi connectivity index (χ2n) is 8.02. The number of carbonyl (C=O) groups excluding carboxylic acids is 3. The summed E-state index contributed by atoms with van der Waals surface area (Å²) in [6, 6.07) is 11.1. The van der Waals surface area contributed by atoms with Gasteiger partial charge in [-0.3, -0.25) is 14.4 Å². The number of aromatic nitrogens is 2. The fourth-order valence-electron chi connectivity index (χ4n) is 3.70. The lowest BCUT2D eigenvalue weighted by atomic mass is 10.2. The molecule has 1 aromatic heterocycles. The Kier molecular flexibility index (Phi) is 7.15. The molecule has 0 fully saturated rings. The normalized spacial score (nSPS) is 13.8. The molecule has 1 aliphatic rings. The van der Waals surface area contributed by atoms with Crippen LogP contribution in [-0.4, -0.2) is 61.9 Å². The van der Waals surface area contributed by atoms with Crippen molar-refractivity contribution in [3.8, 4) is 11.8 Å². The van der Waals surface area contributed by atoms with Crippen molar-refractivity contribution in [3.05, 3.63) is 75.7 Å². The molecule has 0 saturated heterocycles. The van der Waals surface area contributed by atoms with Gasteiger partial charge in [-0.25, -0.2) is 30.7 Å². The number of benzene rings is 2. The topological polar surface area (TPSA) is 229 Å². The molecule has 2 amide bonds. The first-order chi connectivity index (χ1) is 18.8. The van der Waals surface area contributed by atoms with E-state index in [-0.39, 0.29) is 27.1 Å². The molecule has 2 aromatic carbocycles. The maximum Gasteiger partial charge on any atom is 0.361 e. The summed E-state index contributed by atoms with van der Waals surface area (Å²) in [6.07, 6.45) is 0. The van der Waals surface area contributed by atoms with Gasteiger partial charge in [0, 0.05) is 0 Å². The third-order valence-electron chi connectivity index (χ3n) is 5.55. The number of fused-ring (bicyclic) bond motifs is 1. The number of esters is 1. The fourth-order valence-corrected chi connectivity index (χ4v) is 6.20. The molecule has 0 unspecified atom stereocenters. The fraction of sp³-hybridized carbons (Fsp3) is 0.130. The zero-order valence-electron chi connectivity index (χ0n) is 20.4. The van der Waals surface area contributed by atoms with Crippen LogP contribution in [0.4, 0.5) is 5.69 Å². The quantitative estimate of drug-likeness (QED) is 0.334. The zero-order chi connectivity index (χ0) is 29.4. The lowest BCUT2D eigenvalue weighted by Gasteiger charge is -2.15. The lowest BCUT2D eigenvalue weighted by molar-refractivity contribution is -0.119. The molecule has 15 nitrogen and oxygen atoms in total. The molecule has 40 heavy (non-hydrogen) atoms. The summed E-state index contributed by atoms with van der Waals surface area (Å²) >= 11 is 0. The second-order valence-corrected chi connectivity index (χ2v) is 11.5. The second kappa shape index (κ2) is 10.2. The maximum absolute atomic E-state index is 12.8. The lowest BCUT2D eigenvalue weighted by Crippen LogP contribution is -2.42. The molecule has 3 aromatic rings. The van der Waals surface area contributed by atoms with Gasteiger partial charge in [0.1, 0.15) is 23.1 Å². The number of hydrogen-bond acceptors (Lipinski definition) is 12. The zero-order valence-corrected chi connectivity index (χ0v) is 22.0. The summed E-state index contributed by atoms with van der Waals surface area (Å²) in [5.74, 6) is -3.27. The summed E-state index contributed by atoms with van der Waals surface area (Å²) in [5.41, 5.74) is 2.95. The number of amides is 2. The smallest absolute Gasteiger partial charge is 0.361 e. The summed E-state index contributed by atoms with van der Waals surface area (Å²) < 4.78 is 58.2. The van der Waals surface area contributed by atoms with Crippen molar-refractivity contribution in [2.24, 2.45) is 0 Å². The third-order valence-corrected chi connectivity index (χ3v) is 8.73. The van der Waals surface area contributed by atoms with Crippen LogP contribution in [0.15, 0.2) is 63.1 Å². The Morgan fingerprint density at radius 1 is 1.12 bits per heavy atom. The summed E-state index contributed by atoms with van der Waals surface area (Å²) in [7, 11) is -8.92. The third kappa shape index (κ3) is 4.76. The Labute approximate surface area is 226 Å². The Balaban J connectivity index is 1.58. The van der Waals surface area contributed by atoms with E-state index in [4.69, 9.17) is 10.5 Å². The Morgan fingerprint density at radius 3 is 2.38 bits per heavy atom. The molecular weight excluding hydrogens is 568 g/mol. The minimum Gasteiger partial charge on any atom is -0.461 e. The molecule has 2 heterocycles. The molecule has 0 saturated carbocycles. The molecule has 17 heteroatoms. The van der Waals surface area contributed by atoms with Crippen LogP contribution in [0.2, 0.25) is 0 Å². The summed E-state index contributed by atoms with van der Waals surface area (Å²) in [5, 5.41) is 13.2. The Morgan fingerprint density at radius 2 is 1.77 bits per heavy atom. The van der Waals surface area contributed by atoms with E-state index in [1.54, 1.807) is 10.8 Å². The van der Waals surface area contributed by atoms with Crippen molar-refractivity contribution in [1.82, 2.24) is 18.8 Å². The number of nitriles is 1. The predicted octanol–water partition coefficient (Wildman–Crippen LogP) is -0.487. The van der Waals surface area contributed by atoms with Crippen LogP contribution in [0.3, 0.4) is 0 Å². The molecule has 3 N–H and O–H groups in total. The van der Waals surface area contributed by atoms with Crippen molar-refractivity contribution in [2.45, 2.75) is 16.7 Å². The molecule has 206 valence electrons. The van der Waals surface area contributed by atoms with Crippen LogP contribution < -0.4 is 16.0 Å². The number of nitrogens with zero attached hydrogens (tertiary/aromatic N) is 4. The average Bonchev–Trinajstić information content (AvgIpc) is 3.09. The highest BCUT2D eigenvalue weighted by Gasteiger charge is 2.42. The molecule has 4 rings (SSSR count). The van der Waals surface area contributed by atoms with Crippen molar-refractivity contribution in [3.63, 3.8) is 0 Å². The van der Waals surface area contributed by atoms with E-state index in [1.807, 2.05) is 0 Å². The minimum absolute atomic E-state index is 0.0377. The standard InChI is InChI=1S/C23H18N6O9S2/c1-2-38-23(33)20-19(25)16(11-24)22(32)29(26-20)13-7-9-14(10-8-13)39(34,35)27-18(30)12-28-21(31)15-5-3-4-6-17(15)40(28,36)37/h3-10H,2,12,25H2,1H3,(H,27,30). The molecule has 0 spiro atoms. The van der Waals surface area contributed by atoms with Crippen LogP contribution in [-0.2, 0) is 29.6 Å². The first-order valence-electron chi connectivity index (χ1n) is 11.2. The van der Waals surface area contributed by atoms with Crippen molar-refractivity contribution in [1.29, 1.82) is 5.26 Å². The van der Waals surface area contributed by atoms with Gasteiger partial charge in [0.2, 0.25) is 0 Å². The largest absolute Gasteiger partial charge is 0.461 e. The van der Waals surface area contributed by atoms with Crippen LogP contribution >= 0.6 is 0 Å². The number of ether oxygens (including phenoxy) is 1. The van der Waals surface area contributed by atoms with Gasteiger partial charge < -0.3 is 10.5 Å². The van der Waals surface area contributed by atoms with Gasteiger partial charge in [-0.2, -0.15) is 15.0 Å². The van der Waals surface area contributed by atoms with Gasteiger partial charge in [0.05, 0.1) is 28.4 Å².